The third-order valence-corrected chi connectivity index (χ3v) is 6.18. The molecule has 0 spiro atoms. The number of hydrogen-bond acceptors (Lipinski definition) is 3. The summed E-state index contributed by atoms with van der Waals surface area (Å²) in [6, 6.07) is 15.9. The number of likely N-dealkylation sites (tertiary alicyclic amines) is 2. The maximum Gasteiger partial charge on any atom is 0.446 e. The summed E-state index contributed by atoms with van der Waals surface area (Å²) in [5.74, 6) is 0.935. The highest BCUT2D eigenvalue weighted by atomic mass is 32.2. The van der Waals surface area contributed by atoms with Gasteiger partial charge in [-0.15, -0.1) is 0 Å². The van der Waals surface area contributed by atoms with Crippen molar-refractivity contribution in [1.29, 1.82) is 0 Å². The Morgan fingerprint density at radius 2 is 1.59 bits per heavy atom. The predicted molar refractivity (Wildman–Crippen MR) is 108 cm³/mol. The van der Waals surface area contributed by atoms with Gasteiger partial charge in [0.2, 0.25) is 0 Å². The standard InChI is InChI=1S/C21H22F3N3OS/c22-21(23,24)29-19-8-6-18(7-9-19)25-20(28)27-13-16-11-26(12-17(16)14-27)10-15-4-2-1-3-5-15/h1-9,16-17H,10-14H2,(H,25,28). The summed E-state index contributed by atoms with van der Waals surface area (Å²) in [5, 5.41) is 2.80. The maximum absolute atomic E-state index is 12.5. The van der Waals surface area contributed by atoms with Crippen molar-refractivity contribution in [2.45, 2.75) is 16.9 Å². The van der Waals surface area contributed by atoms with Crippen LogP contribution in [0.1, 0.15) is 5.56 Å². The third kappa shape index (κ3) is 5.25. The molecule has 154 valence electrons. The monoisotopic (exact) mass is 421 g/mol. The van der Waals surface area contributed by atoms with Crippen LogP contribution in [0.4, 0.5) is 23.7 Å². The van der Waals surface area contributed by atoms with E-state index in [-0.39, 0.29) is 22.7 Å². The number of halogens is 3. The number of urea groups is 1. The Bertz CT molecular complexity index is 830. The molecule has 2 saturated heterocycles. The van der Waals surface area contributed by atoms with Gasteiger partial charge in [-0.25, -0.2) is 4.79 Å². The molecular weight excluding hydrogens is 399 g/mol. The van der Waals surface area contributed by atoms with E-state index in [1.807, 2.05) is 23.1 Å². The largest absolute Gasteiger partial charge is 0.446 e. The van der Waals surface area contributed by atoms with Gasteiger partial charge in [-0.2, -0.15) is 13.2 Å². The zero-order chi connectivity index (χ0) is 20.4. The molecule has 0 saturated carbocycles. The summed E-state index contributed by atoms with van der Waals surface area (Å²) in [6.07, 6.45) is 0. The van der Waals surface area contributed by atoms with Crippen molar-refractivity contribution in [3.8, 4) is 0 Å². The number of nitrogens with one attached hydrogen (secondary N) is 1. The number of nitrogens with zero attached hydrogens (tertiary/aromatic N) is 2. The lowest BCUT2D eigenvalue weighted by atomic mass is 10.0. The van der Waals surface area contributed by atoms with Crippen LogP contribution in [0.3, 0.4) is 0 Å². The van der Waals surface area contributed by atoms with E-state index in [4.69, 9.17) is 0 Å². The van der Waals surface area contributed by atoms with Crippen LogP contribution in [0.15, 0.2) is 59.5 Å². The molecule has 2 aliphatic heterocycles. The van der Waals surface area contributed by atoms with Gasteiger partial charge in [0.25, 0.3) is 0 Å². The number of carbonyl (C=O) groups is 1. The van der Waals surface area contributed by atoms with Crippen LogP contribution in [-0.4, -0.2) is 47.5 Å². The van der Waals surface area contributed by atoms with Crippen molar-refractivity contribution in [3.05, 3.63) is 60.2 Å². The number of benzene rings is 2. The minimum atomic E-state index is -4.31. The average Bonchev–Trinajstić information content (AvgIpc) is 3.21. The van der Waals surface area contributed by atoms with Crippen LogP contribution >= 0.6 is 11.8 Å². The highest BCUT2D eigenvalue weighted by Gasteiger charge is 2.41. The lowest BCUT2D eigenvalue weighted by molar-refractivity contribution is -0.0328. The Kier molecular flexibility index (Phi) is 5.74. The number of fused-ring (bicyclic) bond motifs is 1. The van der Waals surface area contributed by atoms with E-state index in [9.17, 15) is 18.0 Å². The maximum atomic E-state index is 12.5. The molecule has 0 aliphatic carbocycles. The second-order valence-electron chi connectivity index (χ2n) is 7.61. The molecule has 8 heteroatoms. The van der Waals surface area contributed by atoms with E-state index in [0.29, 0.717) is 30.6 Å². The first-order valence-electron chi connectivity index (χ1n) is 9.54. The van der Waals surface area contributed by atoms with Crippen molar-refractivity contribution in [2.75, 3.05) is 31.5 Å². The second kappa shape index (κ2) is 8.28. The topological polar surface area (TPSA) is 35.6 Å². The van der Waals surface area contributed by atoms with Gasteiger partial charge in [0.1, 0.15) is 0 Å². The fraction of sp³-hybridized carbons (Fsp3) is 0.381. The van der Waals surface area contributed by atoms with E-state index in [1.54, 1.807) is 0 Å². The molecule has 2 fully saturated rings. The molecule has 2 aliphatic rings. The SMILES string of the molecule is O=C(Nc1ccc(SC(F)(F)F)cc1)N1CC2CN(Cc3ccccc3)CC2C1. The molecule has 0 radical (unpaired) electrons. The van der Waals surface area contributed by atoms with Gasteiger partial charge in [0, 0.05) is 43.3 Å². The van der Waals surface area contributed by atoms with Crippen molar-refractivity contribution < 1.29 is 18.0 Å². The molecule has 2 unspecified atom stereocenters. The van der Waals surface area contributed by atoms with Crippen LogP contribution < -0.4 is 5.32 Å². The van der Waals surface area contributed by atoms with Gasteiger partial charge in [-0.3, -0.25) is 4.90 Å². The van der Waals surface area contributed by atoms with Crippen LogP contribution in [-0.2, 0) is 6.54 Å². The predicted octanol–water partition coefficient (Wildman–Crippen LogP) is 4.89. The highest BCUT2D eigenvalue weighted by molar-refractivity contribution is 8.00. The number of carbonyl (C=O) groups excluding carboxylic acids is 1. The summed E-state index contributed by atoms with van der Waals surface area (Å²) < 4.78 is 37.2. The smallest absolute Gasteiger partial charge is 0.324 e. The van der Waals surface area contributed by atoms with E-state index in [2.05, 4.69) is 22.3 Å². The quantitative estimate of drug-likeness (QED) is 0.714. The Labute approximate surface area is 172 Å². The Balaban J connectivity index is 1.27. The molecule has 4 nitrogen and oxygen atoms in total. The fourth-order valence-corrected chi connectivity index (χ4v) is 4.71. The van der Waals surface area contributed by atoms with E-state index in [1.165, 1.54) is 29.8 Å². The Hall–Kier alpha value is -2.19. The summed E-state index contributed by atoms with van der Waals surface area (Å²) in [4.78, 5) is 16.9. The molecule has 2 atom stereocenters. The molecule has 2 heterocycles. The zero-order valence-electron chi connectivity index (χ0n) is 15.7. The zero-order valence-corrected chi connectivity index (χ0v) is 16.5. The number of amides is 2. The normalized spacial score (nSPS) is 22.0. The summed E-state index contributed by atoms with van der Waals surface area (Å²) in [6.45, 7) is 4.31. The molecule has 29 heavy (non-hydrogen) atoms. The molecule has 2 aromatic carbocycles. The third-order valence-electron chi connectivity index (χ3n) is 5.44. The lowest BCUT2D eigenvalue weighted by Gasteiger charge is -2.22. The van der Waals surface area contributed by atoms with Crippen molar-refractivity contribution in [2.24, 2.45) is 11.8 Å². The Morgan fingerprint density at radius 1 is 0.966 bits per heavy atom. The number of hydrogen-bond donors (Lipinski definition) is 1. The molecule has 2 aromatic rings. The first-order valence-corrected chi connectivity index (χ1v) is 10.4. The van der Waals surface area contributed by atoms with Crippen LogP contribution in [0.5, 0.6) is 0 Å². The highest BCUT2D eigenvalue weighted by Crippen LogP contribution is 2.37. The van der Waals surface area contributed by atoms with Crippen molar-refractivity contribution in [1.82, 2.24) is 9.80 Å². The molecule has 4 rings (SSSR count). The van der Waals surface area contributed by atoms with Gasteiger partial charge in [0.15, 0.2) is 0 Å². The summed E-state index contributed by atoms with van der Waals surface area (Å²) in [7, 11) is 0. The van der Waals surface area contributed by atoms with Crippen LogP contribution in [0.25, 0.3) is 0 Å². The van der Waals surface area contributed by atoms with Crippen molar-refractivity contribution >= 4 is 23.5 Å². The minimum absolute atomic E-state index is 0.102. The van der Waals surface area contributed by atoms with Gasteiger partial charge in [0.05, 0.1) is 0 Å². The number of anilines is 1. The van der Waals surface area contributed by atoms with E-state index >= 15 is 0 Å². The van der Waals surface area contributed by atoms with Gasteiger partial charge >= 0.3 is 11.5 Å². The Morgan fingerprint density at radius 3 is 2.17 bits per heavy atom. The molecule has 0 bridgehead atoms. The molecule has 1 N–H and O–H groups in total. The molecule has 0 aromatic heterocycles. The number of rotatable bonds is 4. The number of thioether (sulfide) groups is 1. The number of alkyl halides is 3. The van der Waals surface area contributed by atoms with Crippen LogP contribution in [0, 0.1) is 11.8 Å². The molecule has 2 amide bonds. The summed E-state index contributed by atoms with van der Waals surface area (Å²) >= 11 is -0.162. The fourth-order valence-electron chi connectivity index (χ4n) is 4.17. The van der Waals surface area contributed by atoms with Crippen LogP contribution in [0.2, 0.25) is 0 Å². The first-order chi connectivity index (χ1) is 13.9. The van der Waals surface area contributed by atoms with E-state index in [0.717, 1.165) is 19.6 Å². The van der Waals surface area contributed by atoms with E-state index < -0.39 is 5.51 Å². The molecular formula is C21H22F3N3OS. The summed E-state index contributed by atoms with van der Waals surface area (Å²) in [5.41, 5.74) is -2.51. The first kappa shape index (κ1) is 20.1. The lowest BCUT2D eigenvalue weighted by Crippen LogP contribution is -2.36. The minimum Gasteiger partial charge on any atom is -0.324 e. The van der Waals surface area contributed by atoms with Gasteiger partial charge in [-0.1, -0.05) is 30.3 Å². The van der Waals surface area contributed by atoms with Gasteiger partial charge in [-0.05, 0) is 53.4 Å². The van der Waals surface area contributed by atoms with Gasteiger partial charge < -0.3 is 10.2 Å². The van der Waals surface area contributed by atoms with Crippen molar-refractivity contribution in [3.63, 3.8) is 0 Å². The second-order valence-corrected chi connectivity index (χ2v) is 8.75. The average molecular weight is 421 g/mol.